The molecule has 7 nitrogen and oxygen atoms in total. The predicted octanol–water partition coefficient (Wildman–Crippen LogP) is 1.55. The van der Waals surface area contributed by atoms with Crippen molar-refractivity contribution < 1.29 is 13.2 Å². The topological polar surface area (TPSA) is 91.8 Å². The van der Waals surface area contributed by atoms with Gasteiger partial charge in [0.2, 0.25) is 10.0 Å². The molecular formula is C15H35IN4O3S. The van der Waals surface area contributed by atoms with Gasteiger partial charge in [0.1, 0.15) is 0 Å². The van der Waals surface area contributed by atoms with Gasteiger partial charge in [-0.25, -0.2) is 13.1 Å². The summed E-state index contributed by atoms with van der Waals surface area (Å²) in [6.45, 7) is 13.2. The van der Waals surface area contributed by atoms with Gasteiger partial charge in [0.05, 0.1) is 12.8 Å². The summed E-state index contributed by atoms with van der Waals surface area (Å²) >= 11 is 0. The van der Waals surface area contributed by atoms with E-state index in [1.165, 1.54) is 0 Å². The minimum absolute atomic E-state index is 0. The third kappa shape index (κ3) is 16.7. The molecule has 146 valence electrons. The van der Waals surface area contributed by atoms with Crippen LogP contribution in [0.1, 0.15) is 41.0 Å². The van der Waals surface area contributed by atoms with Crippen molar-refractivity contribution in [2.24, 2.45) is 10.9 Å². The number of rotatable bonds is 11. The molecular weight excluding hydrogens is 443 g/mol. The van der Waals surface area contributed by atoms with E-state index < -0.39 is 15.6 Å². The molecule has 3 N–H and O–H groups in total. The summed E-state index contributed by atoms with van der Waals surface area (Å²) in [5, 5.41) is 6.37. The Balaban J connectivity index is 0. The first kappa shape index (κ1) is 26.1. The van der Waals surface area contributed by atoms with Crippen molar-refractivity contribution in [3.63, 3.8) is 0 Å². The van der Waals surface area contributed by atoms with E-state index in [0.717, 1.165) is 32.4 Å². The molecule has 0 aromatic rings. The van der Waals surface area contributed by atoms with E-state index in [-0.39, 0.29) is 24.0 Å². The number of hydrogen-bond donors (Lipinski definition) is 3. The highest BCUT2D eigenvalue weighted by Gasteiger charge is 2.21. The molecule has 0 aliphatic rings. The van der Waals surface area contributed by atoms with Crippen LogP contribution in [-0.4, -0.2) is 59.0 Å². The average Bonchev–Trinajstić information content (AvgIpc) is 2.36. The van der Waals surface area contributed by atoms with E-state index in [2.05, 4.69) is 34.2 Å². The molecule has 0 saturated carbocycles. The molecule has 9 heteroatoms. The van der Waals surface area contributed by atoms with Crippen LogP contribution >= 0.6 is 24.0 Å². The molecule has 0 aromatic carbocycles. The number of nitrogens with zero attached hydrogens (tertiary/aromatic N) is 1. The van der Waals surface area contributed by atoms with Crippen molar-refractivity contribution in [1.29, 1.82) is 0 Å². The highest BCUT2D eigenvalue weighted by atomic mass is 127. The molecule has 0 spiro atoms. The molecule has 0 aliphatic heterocycles. The van der Waals surface area contributed by atoms with Crippen LogP contribution in [0, 0.1) is 5.92 Å². The van der Waals surface area contributed by atoms with Crippen LogP contribution < -0.4 is 15.4 Å². The fraction of sp³-hybridized carbons (Fsp3) is 0.933. The normalized spacial score (nSPS) is 12.9. The van der Waals surface area contributed by atoms with Crippen LogP contribution in [0.3, 0.4) is 0 Å². The Morgan fingerprint density at radius 2 is 1.88 bits per heavy atom. The number of aliphatic imine (C=N–C) groups is 1. The first-order valence-electron chi connectivity index (χ1n) is 8.14. The monoisotopic (exact) mass is 478 g/mol. The second-order valence-electron chi connectivity index (χ2n) is 6.70. The molecule has 0 rings (SSSR count). The zero-order chi connectivity index (χ0) is 17.9. The van der Waals surface area contributed by atoms with E-state index in [1.807, 2.05) is 6.92 Å². The van der Waals surface area contributed by atoms with Gasteiger partial charge in [-0.05, 0) is 33.1 Å². The number of sulfonamides is 1. The number of nitrogens with one attached hydrogen (secondary N) is 3. The quantitative estimate of drug-likeness (QED) is 0.181. The summed E-state index contributed by atoms with van der Waals surface area (Å²) in [5.41, 5.74) is -0.629. The van der Waals surface area contributed by atoms with Crippen LogP contribution in [0.15, 0.2) is 4.99 Å². The minimum Gasteiger partial charge on any atom is -0.381 e. The Morgan fingerprint density at radius 1 is 1.25 bits per heavy atom. The molecule has 0 bridgehead atoms. The number of guanidine groups is 1. The van der Waals surface area contributed by atoms with Gasteiger partial charge in [-0.15, -0.1) is 24.0 Å². The molecule has 0 unspecified atom stereocenters. The highest BCUT2D eigenvalue weighted by molar-refractivity contribution is 14.0. The fourth-order valence-corrected chi connectivity index (χ4v) is 2.92. The lowest BCUT2D eigenvalue weighted by atomic mass is 10.1. The van der Waals surface area contributed by atoms with Gasteiger partial charge in [-0.3, -0.25) is 4.99 Å². The second-order valence-corrected chi connectivity index (χ2v) is 8.45. The summed E-state index contributed by atoms with van der Waals surface area (Å²) in [4.78, 5) is 4.44. The minimum atomic E-state index is -3.25. The van der Waals surface area contributed by atoms with Crippen LogP contribution in [0.4, 0.5) is 0 Å². The fourth-order valence-electron chi connectivity index (χ4n) is 1.85. The van der Waals surface area contributed by atoms with E-state index in [9.17, 15) is 8.42 Å². The third-order valence-corrected chi connectivity index (χ3v) is 3.57. The third-order valence-electron chi connectivity index (χ3n) is 2.65. The van der Waals surface area contributed by atoms with Gasteiger partial charge in [-0.1, -0.05) is 13.8 Å². The summed E-state index contributed by atoms with van der Waals surface area (Å²) in [6.07, 6.45) is 2.04. The van der Waals surface area contributed by atoms with Crippen molar-refractivity contribution in [2.75, 3.05) is 39.1 Å². The second kappa shape index (κ2) is 13.1. The molecule has 0 fully saturated rings. The Hall–Kier alpha value is -0.130. The van der Waals surface area contributed by atoms with Gasteiger partial charge >= 0.3 is 0 Å². The zero-order valence-electron chi connectivity index (χ0n) is 15.8. The smallest absolute Gasteiger partial charge is 0.209 e. The Morgan fingerprint density at radius 3 is 2.38 bits per heavy atom. The standard InChI is InChI=1S/C15H34N4O3S.HI/c1-7-16-14(17-9-8-10-22-11-13(2)3)18-12-15(4,5)19-23(6,20)21;/h13,19H,7-12H2,1-6H3,(H2,16,17,18);1H. The largest absolute Gasteiger partial charge is 0.381 e. The number of halogens is 1. The maximum atomic E-state index is 11.3. The lowest BCUT2D eigenvalue weighted by Gasteiger charge is -2.23. The summed E-state index contributed by atoms with van der Waals surface area (Å²) < 4.78 is 30.8. The van der Waals surface area contributed by atoms with Crippen LogP contribution in [-0.2, 0) is 14.8 Å². The molecule has 0 amide bonds. The molecule has 24 heavy (non-hydrogen) atoms. The van der Waals surface area contributed by atoms with Gasteiger partial charge < -0.3 is 15.4 Å². The summed E-state index contributed by atoms with van der Waals surface area (Å²) in [5.74, 6) is 1.23. The molecule has 0 aliphatic carbocycles. The molecule has 0 saturated heterocycles. The van der Waals surface area contributed by atoms with Crippen LogP contribution in [0.25, 0.3) is 0 Å². The van der Waals surface area contributed by atoms with Crippen LogP contribution in [0.5, 0.6) is 0 Å². The SMILES string of the molecule is CCNC(=NCC(C)(C)NS(C)(=O)=O)NCCCOCC(C)C.I. The molecule has 0 radical (unpaired) electrons. The van der Waals surface area contributed by atoms with Crippen molar-refractivity contribution in [3.8, 4) is 0 Å². The summed E-state index contributed by atoms with van der Waals surface area (Å²) in [6, 6.07) is 0. The van der Waals surface area contributed by atoms with E-state index >= 15 is 0 Å². The van der Waals surface area contributed by atoms with Gasteiger partial charge in [0.25, 0.3) is 0 Å². The summed E-state index contributed by atoms with van der Waals surface area (Å²) in [7, 11) is -3.25. The van der Waals surface area contributed by atoms with E-state index in [4.69, 9.17) is 4.74 Å². The number of ether oxygens (including phenoxy) is 1. The van der Waals surface area contributed by atoms with Crippen molar-refractivity contribution >= 4 is 40.0 Å². The average molecular weight is 478 g/mol. The molecule has 0 aromatic heterocycles. The van der Waals surface area contributed by atoms with Gasteiger partial charge in [0, 0.05) is 31.8 Å². The highest BCUT2D eigenvalue weighted by Crippen LogP contribution is 2.04. The maximum absolute atomic E-state index is 11.3. The molecule has 0 atom stereocenters. The first-order chi connectivity index (χ1) is 10.6. The van der Waals surface area contributed by atoms with Crippen LogP contribution in [0.2, 0.25) is 0 Å². The van der Waals surface area contributed by atoms with Crippen molar-refractivity contribution in [1.82, 2.24) is 15.4 Å². The predicted molar refractivity (Wildman–Crippen MR) is 112 cm³/mol. The first-order valence-corrected chi connectivity index (χ1v) is 10.0. The van der Waals surface area contributed by atoms with Crippen molar-refractivity contribution in [3.05, 3.63) is 0 Å². The lowest BCUT2D eigenvalue weighted by Crippen LogP contribution is -2.46. The van der Waals surface area contributed by atoms with Gasteiger partial charge in [-0.2, -0.15) is 0 Å². The maximum Gasteiger partial charge on any atom is 0.209 e. The van der Waals surface area contributed by atoms with E-state index in [1.54, 1.807) is 13.8 Å². The zero-order valence-corrected chi connectivity index (χ0v) is 19.0. The lowest BCUT2D eigenvalue weighted by molar-refractivity contribution is 0.108. The van der Waals surface area contributed by atoms with E-state index in [0.29, 0.717) is 25.0 Å². The Bertz CT molecular complexity index is 454. The molecule has 0 heterocycles. The Kier molecular flexibility index (Phi) is 14.3. The van der Waals surface area contributed by atoms with Crippen molar-refractivity contribution in [2.45, 2.75) is 46.6 Å². The Labute approximate surface area is 164 Å². The van der Waals surface area contributed by atoms with Gasteiger partial charge in [0.15, 0.2) is 5.96 Å². The number of hydrogen-bond acceptors (Lipinski definition) is 4.